The summed E-state index contributed by atoms with van der Waals surface area (Å²) in [4.78, 5) is 17.5. The minimum absolute atomic E-state index is 0.137. The van der Waals surface area contributed by atoms with Crippen LogP contribution in [0.25, 0.3) is 16.9 Å². The molecule has 0 saturated heterocycles. The SMILES string of the molecule is CC(Nc1ccc2ncc(-c3ccc(OCC(C)N(C(=O)O)C(C)(C)C)cc3)n2n1)c1cccc(F)c1. The second-order valence-corrected chi connectivity index (χ2v) is 10.1. The van der Waals surface area contributed by atoms with Crippen molar-refractivity contribution in [2.75, 3.05) is 11.9 Å². The smallest absolute Gasteiger partial charge is 0.408 e. The molecule has 0 radical (unpaired) electrons. The second-order valence-electron chi connectivity index (χ2n) is 10.1. The summed E-state index contributed by atoms with van der Waals surface area (Å²) < 4.78 is 21.3. The molecule has 8 nitrogen and oxygen atoms in total. The Labute approximate surface area is 215 Å². The van der Waals surface area contributed by atoms with Gasteiger partial charge < -0.3 is 15.2 Å². The summed E-state index contributed by atoms with van der Waals surface area (Å²) in [6.07, 6.45) is 0.784. The maximum atomic E-state index is 13.6. The molecule has 2 atom stereocenters. The summed E-state index contributed by atoms with van der Waals surface area (Å²) >= 11 is 0. The normalized spacial score (nSPS) is 13.2. The Morgan fingerprint density at radius 3 is 2.51 bits per heavy atom. The van der Waals surface area contributed by atoms with Crippen molar-refractivity contribution in [2.45, 2.75) is 52.2 Å². The number of nitrogens with zero attached hydrogens (tertiary/aromatic N) is 4. The van der Waals surface area contributed by atoms with E-state index >= 15 is 0 Å². The summed E-state index contributed by atoms with van der Waals surface area (Å²) in [6, 6.07) is 17.3. The average molecular weight is 506 g/mol. The molecule has 2 heterocycles. The zero-order valence-electron chi connectivity index (χ0n) is 21.6. The number of hydrogen-bond donors (Lipinski definition) is 2. The molecule has 37 heavy (non-hydrogen) atoms. The first kappa shape index (κ1) is 25.9. The third kappa shape index (κ3) is 5.99. The molecule has 0 aliphatic rings. The van der Waals surface area contributed by atoms with Crippen LogP contribution in [-0.4, -0.2) is 48.9 Å². The van der Waals surface area contributed by atoms with Crippen LogP contribution in [-0.2, 0) is 0 Å². The van der Waals surface area contributed by atoms with Crippen LogP contribution in [0.15, 0.2) is 66.9 Å². The quantitative estimate of drug-likeness (QED) is 0.294. The molecular weight excluding hydrogens is 473 g/mol. The summed E-state index contributed by atoms with van der Waals surface area (Å²) in [7, 11) is 0. The number of ether oxygens (including phenoxy) is 1. The van der Waals surface area contributed by atoms with E-state index in [1.54, 1.807) is 16.8 Å². The van der Waals surface area contributed by atoms with E-state index in [9.17, 15) is 14.3 Å². The molecule has 1 amide bonds. The van der Waals surface area contributed by atoms with E-state index in [2.05, 4.69) is 10.3 Å². The van der Waals surface area contributed by atoms with Crippen LogP contribution in [0.4, 0.5) is 15.0 Å². The number of anilines is 1. The van der Waals surface area contributed by atoms with Gasteiger partial charge in [0.15, 0.2) is 5.65 Å². The Kier molecular flexibility index (Phi) is 7.33. The van der Waals surface area contributed by atoms with Crippen molar-refractivity contribution in [3.05, 3.63) is 78.2 Å². The molecule has 0 fully saturated rings. The number of halogens is 1. The lowest BCUT2D eigenvalue weighted by Crippen LogP contribution is -2.52. The van der Waals surface area contributed by atoms with Gasteiger partial charge in [0.1, 0.15) is 24.0 Å². The largest absolute Gasteiger partial charge is 0.491 e. The first-order chi connectivity index (χ1) is 17.5. The highest BCUT2D eigenvalue weighted by molar-refractivity contribution is 5.66. The molecule has 0 aliphatic heterocycles. The number of carboxylic acid groups (broad SMARTS) is 1. The van der Waals surface area contributed by atoms with Gasteiger partial charge in [-0.25, -0.2) is 18.7 Å². The average Bonchev–Trinajstić information content (AvgIpc) is 3.25. The molecule has 0 bridgehead atoms. The lowest BCUT2D eigenvalue weighted by Gasteiger charge is -2.37. The molecule has 4 aromatic rings. The maximum absolute atomic E-state index is 13.6. The van der Waals surface area contributed by atoms with Gasteiger partial charge in [-0.15, -0.1) is 5.10 Å². The number of nitrogens with one attached hydrogen (secondary N) is 1. The number of rotatable bonds is 8. The second kappa shape index (κ2) is 10.5. The molecule has 2 aromatic heterocycles. The summed E-state index contributed by atoms with van der Waals surface area (Å²) in [5, 5.41) is 17.6. The van der Waals surface area contributed by atoms with Crippen molar-refractivity contribution in [3.8, 4) is 17.0 Å². The van der Waals surface area contributed by atoms with Gasteiger partial charge in [0, 0.05) is 11.1 Å². The lowest BCUT2D eigenvalue weighted by atomic mass is 10.0. The van der Waals surface area contributed by atoms with E-state index in [0.29, 0.717) is 17.2 Å². The number of imidazole rings is 1. The Hall–Kier alpha value is -4.14. The molecule has 0 saturated carbocycles. The summed E-state index contributed by atoms with van der Waals surface area (Å²) in [6.45, 7) is 9.60. The topological polar surface area (TPSA) is 92.0 Å². The number of aromatic nitrogens is 3. The van der Waals surface area contributed by atoms with Gasteiger partial charge in [0.05, 0.1) is 24.0 Å². The van der Waals surface area contributed by atoms with Crippen molar-refractivity contribution in [1.29, 1.82) is 0 Å². The Balaban J connectivity index is 1.48. The summed E-state index contributed by atoms with van der Waals surface area (Å²) in [5.41, 5.74) is 2.70. The fourth-order valence-corrected chi connectivity index (χ4v) is 4.38. The van der Waals surface area contributed by atoms with Gasteiger partial charge in [-0.1, -0.05) is 12.1 Å². The van der Waals surface area contributed by atoms with Gasteiger partial charge in [-0.05, 0) is 88.7 Å². The molecule has 4 rings (SSSR count). The zero-order chi connectivity index (χ0) is 26.7. The van der Waals surface area contributed by atoms with E-state index in [1.807, 2.05) is 77.1 Å². The molecule has 2 unspecified atom stereocenters. The molecule has 9 heteroatoms. The van der Waals surface area contributed by atoms with Gasteiger partial charge in [0.2, 0.25) is 0 Å². The van der Waals surface area contributed by atoms with Gasteiger partial charge >= 0.3 is 6.09 Å². The molecule has 194 valence electrons. The molecular formula is C28H32FN5O3. The predicted octanol–water partition coefficient (Wildman–Crippen LogP) is 6.25. The number of hydrogen-bond acceptors (Lipinski definition) is 5. The number of fused-ring (bicyclic) bond motifs is 1. The minimum atomic E-state index is -0.974. The van der Waals surface area contributed by atoms with Crippen LogP contribution < -0.4 is 10.1 Å². The van der Waals surface area contributed by atoms with Crippen LogP contribution >= 0.6 is 0 Å². The third-order valence-corrected chi connectivity index (χ3v) is 6.09. The first-order valence-electron chi connectivity index (χ1n) is 12.1. The molecule has 0 aliphatic carbocycles. The van der Waals surface area contributed by atoms with Gasteiger partial charge in [-0.3, -0.25) is 4.90 Å². The lowest BCUT2D eigenvalue weighted by molar-refractivity contribution is 0.0578. The third-order valence-electron chi connectivity index (χ3n) is 6.09. The highest BCUT2D eigenvalue weighted by Crippen LogP contribution is 2.25. The highest BCUT2D eigenvalue weighted by atomic mass is 19.1. The fourth-order valence-electron chi connectivity index (χ4n) is 4.38. The van der Waals surface area contributed by atoms with E-state index < -0.39 is 11.6 Å². The standard InChI is InChI=1S/C28H32FN5O3/c1-18(33(27(35)36)28(3,4)5)17-37-23-11-9-20(10-12-23)24-16-30-26-14-13-25(32-34(24)26)31-19(2)21-7-6-8-22(29)15-21/h6-16,18-19H,17H2,1-5H3,(H,31,32)(H,35,36). The Bertz CT molecular complexity index is 1380. The molecule has 2 aromatic carbocycles. The van der Waals surface area contributed by atoms with Crippen molar-refractivity contribution in [1.82, 2.24) is 19.5 Å². The van der Waals surface area contributed by atoms with Gasteiger partial charge in [0.25, 0.3) is 0 Å². The molecule has 0 spiro atoms. The first-order valence-corrected chi connectivity index (χ1v) is 12.1. The maximum Gasteiger partial charge on any atom is 0.408 e. The van der Waals surface area contributed by atoms with Crippen LogP contribution in [0, 0.1) is 5.82 Å². The highest BCUT2D eigenvalue weighted by Gasteiger charge is 2.31. The van der Waals surface area contributed by atoms with E-state index in [4.69, 9.17) is 9.84 Å². The summed E-state index contributed by atoms with van der Waals surface area (Å²) in [5.74, 6) is 1.00. The minimum Gasteiger partial charge on any atom is -0.491 e. The van der Waals surface area contributed by atoms with E-state index in [0.717, 1.165) is 16.8 Å². The molecule has 2 N–H and O–H groups in total. The van der Waals surface area contributed by atoms with Crippen LogP contribution in [0.3, 0.4) is 0 Å². The number of benzene rings is 2. The number of amides is 1. The van der Waals surface area contributed by atoms with Crippen molar-refractivity contribution in [3.63, 3.8) is 0 Å². The van der Waals surface area contributed by atoms with Crippen LogP contribution in [0.5, 0.6) is 5.75 Å². The monoisotopic (exact) mass is 505 g/mol. The van der Waals surface area contributed by atoms with Crippen LogP contribution in [0.1, 0.15) is 46.2 Å². The predicted molar refractivity (Wildman–Crippen MR) is 141 cm³/mol. The van der Waals surface area contributed by atoms with Crippen molar-refractivity contribution >= 4 is 17.6 Å². The van der Waals surface area contributed by atoms with E-state index in [1.165, 1.54) is 17.0 Å². The van der Waals surface area contributed by atoms with Crippen LogP contribution in [0.2, 0.25) is 0 Å². The Morgan fingerprint density at radius 2 is 1.86 bits per heavy atom. The Morgan fingerprint density at radius 1 is 1.14 bits per heavy atom. The van der Waals surface area contributed by atoms with Crippen molar-refractivity contribution in [2.24, 2.45) is 0 Å². The van der Waals surface area contributed by atoms with E-state index in [-0.39, 0.29) is 24.5 Å². The van der Waals surface area contributed by atoms with Gasteiger partial charge in [-0.2, -0.15) is 0 Å². The van der Waals surface area contributed by atoms with Crippen molar-refractivity contribution < 1.29 is 19.0 Å². The zero-order valence-corrected chi connectivity index (χ0v) is 21.6. The number of carbonyl (C=O) groups is 1. The fraction of sp³-hybridized carbons (Fsp3) is 0.321.